The molecule has 20 heavy (non-hydrogen) atoms. The molecule has 0 aliphatic carbocycles. The molecule has 1 aliphatic rings. The van der Waals surface area contributed by atoms with Crippen molar-refractivity contribution in [2.75, 3.05) is 13.2 Å². The van der Waals surface area contributed by atoms with Crippen LogP contribution < -0.4 is 0 Å². The molecule has 6 heteroatoms. The fraction of sp³-hybridized carbons (Fsp3) is 0.429. The van der Waals surface area contributed by atoms with Gasteiger partial charge in [0.2, 0.25) is 5.89 Å². The Morgan fingerprint density at radius 3 is 2.50 bits per heavy atom. The normalized spacial score (nSPS) is 18.1. The van der Waals surface area contributed by atoms with E-state index in [1.165, 1.54) is 12.1 Å². The maximum atomic E-state index is 13.1. The monoisotopic (exact) mass is 296 g/mol. The van der Waals surface area contributed by atoms with E-state index >= 15 is 0 Å². The molecule has 1 aromatic heterocycles. The van der Waals surface area contributed by atoms with Crippen LogP contribution in [-0.4, -0.2) is 23.4 Å². The molecular formula is C14H14ClFN2O2. The van der Waals surface area contributed by atoms with Gasteiger partial charge >= 0.3 is 0 Å². The molecule has 0 saturated carbocycles. The number of hydrogen-bond donors (Lipinski definition) is 0. The number of aromatic nitrogens is 2. The molecule has 0 N–H and O–H groups in total. The van der Waals surface area contributed by atoms with Gasteiger partial charge in [-0.2, -0.15) is 4.98 Å². The molecule has 106 valence electrons. The van der Waals surface area contributed by atoms with Crippen LogP contribution in [0, 0.1) is 5.82 Å². The lowest BCUT2D eigenvalue weighted by molar-refractivity contribution is 0.0597. The van der Waals surface area contributed by atoms with Crippen LogP contribution in [0.25, 0.3) is 0 Å². The Kier molecular flexibility index (Phi) is 3.72. The molecule has 0 spiro atoms. The second-order valence-corrected chi connectivity index (χ2v) is 5.11. The van der Waals surface area contributed by atoms with Crippen molar-refractivity contribution in [2.24, 2.45) is 0 Å². The second-order valence-electron chi connectivity index (χ2n) is 4.85. The van der Waals surface area contributed by atoms with Crippen LogP contribution in [0.1, 0.15) is 30.1 Å². The van der Waals surface area contributed by atoms with Crippen molar-refractivity contribution in [3.8, 4) is 0 Å². The summed E-state index contributed by atoms with van der Waals surface area (Å²) in [5.74, 6) is 0.923. The summed E-state index contributed by atoms with van der Waals surface area (Å²) in [6.07, 6.45) is 1.47. The summed E-state index contributed by atoms with van der Waals surface area (Å²) in [4.78, 5) is 4.36. The molecule has 3 rings (SSSR count). The zero-order chi connectivity index (χ0) is 14.0. The molecule has 0 radical (unpaired) electrons. The van der Waals surface area contributed by atoms with Crippen molar-refractivity contribution in [1.29, 1.82) is 0 Å². The maximum absolute atomic E-state index is 13.1. The first-order valence-corrected chi connectivity index (χ1v) is 7.01. The van der Waals surface area contributed by atoms with E-state index in [0.717, 1.165) is 18.4 Å². The number of ether oxygens (including phenoxy) is 1. The van der Waals surface area contributed by atoms with Gasteiger partial charge in [0.05, 0.1) is 5.41 Å². The predicted molar refractivity (Wildman–Crippen MR) is 71.1 cm³/mol. The third kappa shape index (κ3) is 2.31. The highest BCUT2D eigenvalue weighted by atomic mass is 35.5. The highest BCUT2D eigenvalue weighted by Crippen LogP contribution is 2.39. The van der Waals surface area contributed by atoms with Crippen molar-refractivity contribution >= 4 is 11.6 Å². The third-order valence-electron chi connectivity index (χ3n) is 3.75. The molecule has 0 unspecified atom stereocenters. The summed E-state index contributed by atoms with van der Waals surface area (Å²) in [5.41, 5.74) is 0.587. The SMILES string of the molecule is Fc1ccc(C2(c3noc(CCl)n3)CCOCC2)cc1. The molecule has 2 heterocycles. The summed E-state index contributed by atoms with van der Waals surface area (Å²) in [6, 6.07) is 6.46. The lowest BCUT2D eigenvalue weighted by Crippen LogP contribution is -2.36. The van der Waals surface area contributed by atoms with Crippen LogP contribution in [0.4, 0.5) is 4.39 Å². The van der Waals surface area contributed by atoms with Crippen LogP contribution in [0.3, 0.4) is 0 Å². The van der Waals surface area contributed by atoms with E-state index in [2.05, 4.69) is 10.1 Å². The average molecular weight is 297 g/mol. The molecule has 1 saturated heterocycles. The van der Waals surface area contributed by atoms with Crippen molar-refractivity contribution in [3.63, 3.8) is 0 Å². The van der Waals surface area contributed by atoms with Gasteiger partial charge in [-0.1, -0.05) is 17.3 Å². The van der Waals surface area contributed by atoms with Gasteiger partial charge < -0.3 is 9.26 Å². The number of rotatable bonds is 3. The lowest BCUT2D eigenvalue weighted by atomic mass is 9.73. The average Bonchev–Trinajstić information content (AvgIpc) is 2.98. The molecule has 1 aliphatic heterocycles. The maximum Gasteiger partial charge on any atom is 0.241 e. The minimum absolute atomic E-state index is 0.184. The minimum Gasteiger partial charge on any atom is -0.381 e. The molecule has 4 nitrogen and oxygen atoms in total. The van der Waals surface area contributed by atoms with Crippen LogP contribution in [0.2, 0.25) is 0 Å². The van der Waals surface area contributed by atoms with Crippen LogP contribution in [0.15, 0.2) is 28.8 Å². The standard InChI is InChI=1S/C14H14ClFN2O2/c15-9-12-17-13(18-20-12)14(5-7-19-8-6-14)10-1-3-11(16)4-2-10/h1-4H,5-9H2. The van der Waals surface area contributed by atoms with Crippen LogP contribution >= 0.6 is 11.6 Å². The van der Waals surface area contributed by atoms with Crippen molar-refractivity contribution < 1.29 is 13.7 Å². The molecule has 0 atom stereocenters. The van der Waals surface area contributed by atoms with Crippen molar-refractivity contribution in [1.82, 2.24) is 10.1 Å². The van der Waals surface area contributed by atoms with Crippen LogP contribution in [-0.2, 0) is 16.0 Å². The van der Waals surface area contributed by atoms with Gasteiger partial charge in [-0.25, -0.2) is 4.39 Å². The molecule has 1 fully saturated rings. The van der Waals surface area contributed by atoms with Crippen molar-refractivity contribution in [2.45, 2.75) is 24.1 Å². The zero-order valence-electron chi connectivity index (χ0n) is 10.8. The molecule has 1 aromatic carbocycles. The van der Waals surface area contributed by atoms with Gasteiger partial charge in [0, 0.05) is 13.2 Å². The van der Waals surface area contributed by atoms with Crippen molar-refractivity contribution in [3.05, 3.63) is 47.4 Å². The molecule has 0 amide bonds. The predicted octanol–water partition coefficient (Wildman–Crippen LogP) is 3.04. The Bertz CT molecular complexity index is 579. The fourth-order valence-electron chi connectivity index (χ4n) is 2.63. The van der Waals surface area contributed by atoms with E-state index in [4.69, 9.17) is 20.9 Å². The van der Waals surface area contributed by atoms with E-state index in [9.17, 15) is 4.39 Å². The number of benzene rings is 1. The van der Waals surface area contributed by atoms with Gasteiger partial charge in [0.1, 0.15) is 11.7 Å². The summed E-state index contributed by atoms with van der Waals surface area (Å²) >= 11 is 5.72. The van der Waals surface area contributed by atoms with E-state index in [0.29, 0.717) is 24.9 Å². The van der Waals surface area contributed by atoms with Gasteiger partial charge in [0.25, 0.3) is 0 Å². The highest BCUT2D eigenvalue weighted by molar-refractivity contribution is 6.16. The number of halogens is 2. The Labute approximate surface area is 120 Å². The summed E-state index contributed by atoms with van der Waals surface area (Å²) in [6.45, 7) is 1.23. The van der Waals surface area contributed by atoms with Gasteiger partial charge in [0.15, 0.2) is 5.82 Å². The fourth-order valence-corrected chi connectivity index (χ4v) is 2.74. The minimum atomic E-state index is -0.389. The Balaban J connectivity index is 2.05. The molecule has 2 aromatic rings. The van der Waals surface area contributed by atoms with Crippen LogP contribution in [0.5, 0.6) is 0 Å². The summed E-state index contributed by atoms with van der Waals surface area (Å²) in [5, 5.41) is 4.06. The number of nitrogens with zero attached hydrogens (tertiary/aromatic N) is 2. The quantitative estimate of drug-likeness (QED) is 0.817. The Morgan fingerprint density at radius 1 is 1.20 bits per heavy atom. The molecule has 0 bridgehead atoms. The van der Waals surface area contributed by atoms with E-state index < -0.39 is 0 Å². The topological polar surface area (TPSA) is 48.2 Å². The smallest absolute Gasteiger partial charge is 0.241 e. The Morgan fingerprint density at radius 2 is 1.90 bits per heavy atom. The Hall–Kier alpha value is -1.46. The first-order valence-electron chi connectivity index (χ1n) is 6.47. The van der Waals surface area contributed by atoms with Gasteiger partial charge in [-0.15, -0.1) is 11.6 Å². The zero-order valence-corrected chi connectivity index (χ0v) is 11.6. The lowest BCUT2D eigenvalue weighted by Gasteiger charge is -2.34. The molecular weight excluding hydrogens is 283 g/mol. The number of alkyl halides is 1. The summed E-state index contributed by atoms with van der Waals surface area (Å²) < 4.78 is 23.7. The second kappa shape index (κ2) is 5.50. The van der Waals surface area contributed by atoms with Gasteiger partial charge in [-0.05, 0) is 30.5 Å². The van der Waals surface area contributed by atoms with Gasteiger partial charge in [-0.3, -0.25) is 0 Å². The largest absolute Gasteiger partial charge is 0.381 e. The van der Waals surface area contributed by atoms with E-state index in [-0.39, 0.29) is 17.1 Å². The summed E-state index contributed by atoms with van der Waals surface area (Å²) in [7, 11) is 0. The highest BCUT2D eigenvalue weighted by Gasteiger charge is 2.40. The van der Waals surface area contributed by atoms with E-state index in [1.54, 1.807) is 12.1 Å². The first kappa shape index (κ1) is 13.5. The third-order valence-corrected chi connectivity index (χ3v) is 3.98. The number of hydrogen-bond acceptors (Lipinski definition) is 4. The first-order chi connectivity index (χ1) is 9.74. The van der Waals surface area contributed by atoms with E-state index in [1.807, 2.05) is 0 Å².